The Labute approximate surface area is 94.1 Å². The molecule has 1 aromatic carbocycles. The van der Waals surface area contributed by atoms with Gasteiger partial charge in [0.25, 0.3) is 0 Å². The van der Waals surface area contributed by atoms with Crippen molar-refractivity contribution in [3.63, 3.8) is 0 Å². The lowest BCUT2D eigenvalue weighted by Crippen LogP contribution is -1.93. The fourth-order valence-corrected chi connectivity index (χ4v) is 1.45. The van der Waals surface area contributed by atoms with Crippen molar-refractivity contribution >= 4 is 5.69 Å². The summed E-state index contributed by atoms with van der Waals surface area (Å²) in [5, 5.41) is 0. The highest BCUT2D eigenvalue weighted by Crippen LogP contribution is 2.16. The SMILES string of the molecule is COCc1cccc(-c2ncc(N)cn2)c1. The van der Waals surface area contributed by atoms with Gasteiger partial charge in [-0.05, 0) is 11.6 Å². The zero-order valence-corrected chi connectivity index (χ0v) is 9.05. The first-order valence-corrected chi connectivity index (χ1v) is 4.95. The van der Waals surface area contributed by atoms with Crippen LogP contribution in [0, 0.1) is 0 Å². The summed E-state index contributed by atoms with van der Waals surface area (Å²) in [5.41, 5.74) is 8.17. The number of aromatic nitrogens is 2. The predicted octanol–water partition coefficient (Wildman–Crippen LogP) is 1.87. The van der Waals surface area contributed by atoms with Crippen LogP contribution in [-0.2, 0) is 11.3 Å². The number of hydrogen-bond acceptors (Lipinski definition) is 4. The van der Waals surface area contributed by atoms with E-state index in [1.54, 1.807) is 19.5 Å². The molecule has 0 amide bonds. The third-order valence-electron chi connectivity index (χ3n) is 2.17. The number of nitrogens with two attached hydrogens (primary N) is 1. The summed E-state index contributed by atoms with van der Waals surface area (Å²) < 4.78 is 5.08. The molecule has 0 spiro atoms. The number of nitrogen functional groups attached to an aromatic ring is 1. The van der Waals surface area contributed by atoms with Crippen molar-refractivity contribution in [3.8, 4) is 11.4 Å². The molecule has 16 heavy (non-hydrogen) atoms. The van der Waals surface area contributed by atoms with Gasteiger partial charge in [0.05, 0.1) is 24.7 Å². The van der Waals surface area contributed by atoms with Crippen LogP contribution in [0.15, 0.2) is 36.7 Å². The number of benzene rings is 1. The second kappa shape index (κ2) is 4.72. The molecule has 0 bridgehead atoms. The third kappa shape index (κ3) is 2.35. The lowest BCUT2D eigenvalue weighted by molar-refractivity contribution is 0.185. The van der Waals surface area contributed by atoms with E-state index in [9.17, 15) is 0 Å². The minimum atomic E-state index is 0.566. The number of hydrogen-bond donors (Lipinski definition) is 1. The van der Waals surface area contributed by atoms with Gasteiger partial charge in [-0.2, -0.15) is 0 Å². The molecular formula is C12H13N3O. The average molecular weight is 215 g/mol. The van der Waals surface area contributed by atoms with E-state index in [-0.39, 0.29) is 0 Å². The maximum Gasteiger partial charge on any atom is 0.159 e. The number of ether oxygens (including phenoxy) is 1. The van der Waals surface area contributed by atoms with Crippen LogP contribution in [0.25, 0.3) is 11.4 Å². The molecule has 2 N–H and O–H groups in total. The highest BCUT2D eigenvalue weighted by atomic mass is 16.5. The maximum absolute atomic E-state index is 5.54. The molecule has 0 saturated heterocycles. The van der Waals surface area contributed by atoms with Crippen molar-refractivity contribution in [3.05, 3.63) is 42.2 Å². The van der Waals surface area contributed by atoms with Crippen LogP contribution in [0.3, 0.4) is 0 Å². The summed E-state index contributed by atoms with van der Waals surface area (Å²) in [6, 6.07) is 7.94. The maximum atomic E-state index is 5.54. The summed E-state index contributed by atoms with van der Waals surface area (Å²) in [6.45, 7) is 0.586. The van der Waals surface area contributed by atoms with E-state index in [1.807, 2.05) is 24.3 Å². The van der Waals surface area contributed by atoms with Gasteiger partial charge >= 0.3 is 0 Å². The number of rotatable bonds is 3. The van der Waals surface area contributed by atoms with Crippen LogP contribution in [0.1, 0.15) is 5.56 Å². The monoisotopic (exact) mass is 215 g/mol. The first-order valence-electron chi connectivity index (χ1n) is 4.95. The Morgan fingerprint density at radius 1 is 1.25 bits per heavy atom. The second-order valence-electron chi connectivity index (χ2n) is 3.47. The summed E-state index contributed by atoms with van der Waals surface area (Å²) >= 11 is 0. The standard InChI is InChI=1S/C12H13N3O/c1-16-8-9-3-2-4-10(5-9)12-14-6-11(13)7-15-12/h2-7H,8,13H2,1H3. The largest absolute Gasteiger partial charge is 0.396 e. The average Bonchev–Trinajstić information content (AvgIpc) is 2.31. The first kappa shape index (κ1) is 10.6. The quantitative estimate of drug-likeness (QED) is 0.849. The summed E-state index contributed by atoms with van der Waals surface area (Å²) in [5.74, 6) is 0.673. The van der Waals surface area contributed by atoms with Crippen molar-refractivity contribution in [2.75, 3.05) is 12.8 Å². The summed E-state index contributed by atoms with van der Waals surface area (Å²) in [7, 11) is 1.67. The van der Waals surface area contributed by atoms with Crippen molar-refractivity contribution < 1.29 is 4.74 Å². The van der Waals surface area contributed by atoms with E-state index in [1.165, 1.54) is 0 Å². The van der Waals surface area contributed by atoms with E-state index in [2.05, 4.69) is 9.97 Å². The lowest BCUT2D eigenvalue weighted by atomic mass is 10.1. The lowest BCUT2D eigenvalue weighted by Gasteiger charge is -2.03. The molecule has 4 heteroatoms. The Bertz CT molecular complexity index is 468. The minimum Gasteiger partial charge on any atom is -0.396 e. The van der Waals surface area contributed by atoms with Gasteiger partial charge in [-0.15, -0.1) is 0 Å². The van der Waals surface area contributed by atoms with E-state index in [0.717, 1.165) is 11.1 Å². The van der Waals surface area contributed by atoms with Gasteiger partial charge in [-0.1, -0.05) is 18.2 Å². The highest BCUT2D eigenvalue weighted by molar-refractivity contribution is 5.56. The van der Waals surface area contributed by atoms with Gasteiger partial charge < -0.3 is 10.5 Å². The predicted molar refractivity (Wildman–Crippen MR) is 62.6 cm³/mol. The Hall–Kier alpha value is -1.94. The summed E-state index contributed by atoms with van der Waals surface area (Å²) in [6.07, 6.45) is 3.21. The number of methoxy groups -OCH3 is 1. The smallest absolute Gasteiger partial charge is 0.159 e. The van der Waals surface area contributed by atoms with Crippen LogP contribution < -0.4 is 5.73 Å². The van der Waals surface area contributed by atoms with Crippen molar-refractivity contribution in [2.24, 2.45) is 0 Å². The normalized spacial score (nSPS) is 10.3. The molecule has 0 saturated carbocycles. The molecule has 1 heterocycles. The van der Waals surface area contributed by atoms with Crippen LogP contribution >= 0.6 is 0 Å². The first-order chi connectivity index (χ1) is 7.79. The van der Waals surface area contributed by atoms with E-state index in [0.29, 0.717) is 18.1 Å². The Morgan fingerprint density at radius 2 is 2.00 bits per heavy atom. The molecule has 4 nitrogen and oxygen atoms in total. The zero-order chi connectivity index (χ0) is 11.4. The fraction of sp³-hybridized carbons (Fsp3) is 0.167. The van der Waals surface area contributed by atoms with Crippen LogP contribution in [-0.4, -0.2) is 17.1 Å². The van der Waals surface area contributed by atoms with Gasteiger partial charge in [-0.3, -0.25) is 0 Å². The second-order valence-corrected chi connectivity index (χ2v) is 3.47. The molecule has 0 aliphatic heterocycles. The van der Waals surface area contributed by atoms with Crippen molar-refractivity contribution in [1.82, 2.24) is 9.97 Å². The Morgan fingerprint density at radius 3 is 2.69 bits per heavy atom. The van der Waals surface area contributed by atoms with Gasteiger partial charge in [-0.25, -0.2) is 9.97 Å². The molecule has 82 valence electrons. The third-order valence-corrected chi connectivity index (χ3v) is 2.17. The van der Waals surface area contributed by atoms with Crippen LogP contribution in [0.2, 0.25) is 0 Å². The van der Waals surface area contributed by atoms with E-state index < -0.39 is 0 Å². The topological polar surface area (TPSA) is 61.0 Å². The van der Waals surface area contributed by atoms with Gasteiger partial charge in [0.2, 0.25) is 0 Å². The molecule has 2 aromatic rings. The Balaban J connectivity index is 2.32. The van der Waals surface area contributed by atoms with Gasteiger partial charge in [0, 0.05) is 12.7 Å². The molecule has 1 aromatic heterocycles. The molecule has 0 radical (unpaired) electrons. The number of nitrogens with zero attached hydrogens (tertiary/aromatic N) is 2. The highest BCUT2D eigenvalue weighted by Gasteiger charge is 2.01. The molecule has 0 aliphatic carbocycles. The minimum absolute atomic E-state index is 0.566. The molecule has 0 aliphatic rings. The molecule has 2 rings (SSSR count). The van der Waals surface area contributed by atoms with Crippen molar-refractivity contribution in [2.45, 2.75) is 6.61 Å². The number of anilines is 1. The van der Waals surface area contributed by atoms with Gasteiger partial charge in [0.1, 0.15) is 0 Å². The zero-order valence-electron chi connectivity index (χ0n) is 9.05. The van der Waals surface area contributed by atoms with Crippen LogP contribution in [0.5, 0.6) is 0 Å². The van der Waals surface area contributed by atoms with E-state index >= 15 is 0 Å². The Kier molecular flexibility index (Phi) is 3.12. The van der Waals surface area contributed by atoms with Crippen molar-refractivity contribution in [1.29, 1.82) is 0 Å². The molecule has 0 fully saturated rings. The van der Waals surface area contributed by atoms with Crippen LogP contribution in [0.4, 0.5) is 5.69 Å². The molecular weight excluding hydrogens is 202 g/mol. The molecule has 0 unspecified atom stereocenters. The molecule has 0 atom stereocenters. The summed E-state index contributed by atoms with van der Waals surface area (Å²) in [4.78, 5) is 8.35. The fourth-order valence-electron chi connectivity index (χ4n) is 1.45. The van der Waals surface area contributed by atoms with Gasteiger partial charge in [0.15, 0.2) is 5.82 Å². The van der Waals surface area contributed by atoms with E-state index in [4.69, 9.17) is 10.5 Å².